The van der Waals surface area contributed by atoms with Gasteiger partial charge >= 0.3 is 0 Å². The number of thioether (sulfide) groups is 1. The Hall–Kier alpha value is -2.54. The Morgan fingerprint density at radius 3 is 2.85 bits per heavy atom. The SMILES string of the molecule is COc1ccc([C@H](C)NC(=O)C[C@H]2Sc3ccccc3NC2=O)cc1F. The van der Waals surface area contributed by atoms with Gasteiger partial charge in [0, 0.05) is 11.3 Å². The van der Waals surface area contributed by atoms with Crippen LogP contribution in [0.15, 0.2) is 47.4 Å². The summed E-state index contributed by atoms with van der Waals surface area (Å²) < 4.78 is 18.7. The number of hydrogen-bond acceptors (Lipinski definition) is 4. The first-order valence-electron chi connectivity index (χ1n) is 8.17. The predicted octanol–water partition coefficient (Wildman–Crippen LogP) is 3.51. The number of fused-ring (bicyclic) bond motifs is 1. The van der Waals surface area contributed by atoms with Gasteiger partial charge in [-0.2, -0.15) is 0 Å². The third-order valence-corrected chi connectivity index (χ3v) is 5.41. The smallest absolute Gasteiger partial charge is 0.238 e. The third-order valence-electron chi connectivity index (χ3n) is 4.13. The minimum Gasteiger partial charge on any atom is -0.494 e. The summed E-state index contributed by atoms with van der Waals surface area (Å²) in [5.74, 6) is -0.779. The van der Waals surface area contributed by atoms with Crippen LogP contribution in [0, 0.1) is 5.82 Å². The minimum absolute atomic E-state index is 0.0494. The van der Waals surface area contributed by atoms with E-state index in [1.165, 1.54) is 31.0 Å². The third kappa shape index (κ3) is 3.99. The van der Waals surface area contributed by atoms with Crippen LogP contribution in [0.25, 0.3) is 0 Å². The van der Waals surface area contributed by atoms with Crippen molar-refractivity contribution in [3.63, 3.8) is 0 Å². The van der Waals surface area contributed by atoms with Crippen LogP contribution in [0.3, 0.4) is 0 Å². The van der Waals surface area contributed by atoms with Crippen LogP contribution in [0.2, 0.25) is 0 Å². The van der Waals surface area contributed by atoms with Crippen molar-refractivity contribution in [1.29, 1.82) is 0 Å². The highest BCUT2D eigenvalue weighted by Gasteiger charge is 2.29. The minimum atomic E-state index is -0.496. The summed E-state index contributed by atoms with van der Waals surface area (Å²) in [6, 6.07) is 11.7. The average molecular weight is 374 g/mol. The fourth-order valence-electron chi connectivity index (χ4n) is 2.73. The molecule has 5 nitrogen and oxygen atoms in total. The molecule has 0 bridgehead atoms. The van der Waals surface area contributed by atoms with Gasteiger partial charge in [0.1, 0.15) is 0 Å². The molecule has 0 saturated heterocycles. The number of rotatable bonds is 5. The van der Waals surface area contributed by atoms with E-state index in [1.807, 2.05) is 24.3 Å². The highest BCUT2D eigenvalue weighted by atomic mass is 32.2. The zero-order valence-electron chi connectivity index (χ0n) is 14.4. The first-order chi connectivity index (χ1) is 12.5. The lowest BCUT2D eigenvalue weighted by Crippen LogP contribution is -2.35. The molecule has 1 heterocycles. The number of para-hydroxylation sites is 1. The van der Waals surface area contributed by atoms with Crippen molar-refractivity contribution in [3.05, 3.63) is 53.8 Å². The Labute approximate surface area is 155 Å². The number of ether oxygens (including phenoxy) is 1. The van der Waals surface area contributed by atoms with Crippen molar-refractivity contribution < 1.29 is 18.7 Å². The quantitative estimate of drug-likeness (QED) is 0.840. The van der Waals surface area contributed by atoms with Gasteiger partial charge in [-0.15, -0.1) is 11.8 Å². The van der Waals surface area contributed by atoms with Crippen molar-refractivity contribution in [3.8, 4) is 5.75 Å². The normalized spacial score (nSPS) is 17.0. The molecule has 0 saturated carbocycles. The lowest BCUT2D eigenvalue weighted by molar-refractivity contribution is -0.124. The lowest BCUT2D eigenvalue weighted by atomic mass is 10.1. The largest absolute Gasteiger partial charge is 0.494 e. The predicted molar refractivity (Wildman–Crippen MR) is 98.8 cm³/mol. The zero-order valence-corrected chi connectivity index (χ0v) is 15.2. The van der Waals surface area contributed by atoms with Gasteiger partial charge in [0.2, 0.25) is 11.8 Å². The van der Waals surface area contributed by atoms with Gasteiger partial charge in [-0.3, -0.25) is 9.59 Å². The molecule has 0 fully saturated rings. The maximum absolute atomic E-state index is 13.8. The Morgan fingerprint density at radius 1 is 1.35 bits per heavy atom. The van der Waals surface area contributed by atoms with Crippen molar-refractivity contribution in [1.82, 2.24) is 5.32 Å². The molecule has 136 valence electrons. The fourth-order valence-corrected chi connectivity index (χ4v) is 3.84. The van der Waals surface area contributed by atoms with Gasteiger partial charge < -0.3 is 15.4 Å². The molecule has 2 amide bonds. The van der Waals surface area contributed by atoms with Crippen molar-refractivity contribution in [2.45, 2.75) is 29.5 Å². The molecular formula is C19H19FN2O3S. The number of hydrogen-bond donors (Lipinski definition) is 2. The fraction of sp³-hybridized carbons (Fsp3) is 0.263. The number of anilines is 1. The summed E-state index contributed by atoms with van der Waals surface area (Å²) in [6.07, 6.45) is 0.0494. The van der Waals surface area contributed by atoms with E-state index in [4.69, 9.17) is 4.74 Å². The number of amides is 2. The van der Waals surface area contributed by atoms with Crippen LogP contribution in [-0.2, 0) is 9.59 Å². The first kappa shape index (κ1) is 18.3. The second-order valence-corrected chi connectivity index (χ2v) is 7.22. The van der Waals surface area contributed by atoms with E-state index >= 15 is 0 Å². The van der Waals surface area contributed by atoms with E-state index in [2.05, 4.69) is 10.6 Å². The van der Waals surface area contributed by atoms with Crippen LogP contribution < -0.4 is 15.4 Å². The molecule has 0 aromatic heterocycles. The molecule has 3 rings (SSSR count). The highest BCUT2D eigenvalue weighted by Crippen LogP contribution is 2.36. The Balaban J connectivity index is 1.62. The molecule has 0 spiro atoms. The Kier molecular flexibility index (Phi) is 5.46. The van der Waals surface area contributed by atoms with E-state index in [9.17, 15) is 14.0 Å². The first-order valence-corrected chi connectivity index (χ1v) is 9.05. The van der Waals surface area contributed by atoms with Crippen molar-refractivity contribution >= 4 is 29.3 Å². The number of halogens is 1. The van der Waals surface area contributed by atoms with E-state index in [1.54, 1.807) is 13.0 Å². The summed E-state index contributed by atoms with van der Waals surface area (Å²) in [5.41, 5.74) is 1.39. The molecule has 1 aliphatic heterocycles. The van der Waals surface area contributed by atoms with Gasteiger partial charge in [0.05, 0.1) is 24.1 Å². The topological polar surface area (TPSA) is 67.4 Å². The van der Waals surface area contributed by atoms with Crippen LogP contribution in [0.4, 0.5) is 10.1 Å². The summed E-state index contributed by atoms with van der Waals surface area (Å²) in [5, 5.41) is 5.13. The van der Waals surface area contributed by atoms with Crippen LogP contribution in [0.5, 0.6) is 5.75 Å². The summed E-state index contributed by atoms with van der Waals surface area (Å²) >= 11 is 1.37. The molecule has 7 heteroatoms. The molecule has 1 aliphatic rings. The van der Waals surface area contributed by atoms with Crippen LogP contribution >= 0.6 is 11.8 Å². The molecule has 2 aromatic rings. The number of nitrogens with one attached hydrogen (secondary N) is 2. The van der Waals surface area contributed by atoms with Gasteiger partial charge in [-0.1, -0.05) is 18.2 Å². The second kappa shape index (κ2) is 7.78. The molecular weight excluding hydrogens is 355 g/mol. The molecule has 2 N–H and O–H groups in total. The lowest BCUT2D eigenvalue weighted by Gasteiger charge is -2.24. The second-order valence-electron chi connectivity index (χ2n) is 5.98. The van der Waals surface area contributed by atoms with Crippen LogP contribution in [-0.4, -0.2) is 24.2 Å². The van der Waals surface area contributed by atoms with Crippen molar-refractivity contribution in [2.24, 2.45) is 0 Å². The van der Waals surface area contributed by atoms with E-state index < -0.39 is 11.1 Å². The van der Waals surface area contributed by atoms with Gasteiger partial charge in [0.25, 0.3) is 0 Å². The van der Waals surface area contributed by atoms with Gasteiger partial charge in [-0.05, 0) is 36.8 Å². The van der Waals surface area contributed by atoms with Crippen molar-refractivity contribution in [2.75, 3.05) is 12.4 Å². The summed E-state index contributed by atoms with van der Waals surface area (Å²) in [6.45, 7) is 1.77. The standard InChI is InChI=1S/C19H19FN2O3S/c1-11(12-7-8-15(25-2)13(20)9-12)21-18(23)10-17-19(24)22-14-5-3-4-6-16(14)26-17/h3-9,11,17H,10H2,1-2H3,(H,21,23)(H,22,24)/t11-,17+/m0/s1. The zero-order chi connectivity index (χ0) is 18.7. The van der Waals surface area contributed by atoms with Crippen LogP contribution in [0.1, 0.15) is 24.9 Å². The number of carbonyl (C=O) groups excluding carboxylic acids is 2. The number of methoxy groups -OCH3 is 1. The van der Waals surface area contributed by atoms with E-state index in [0.29, 0.717) is 5.56 Å². The highest BCUT2D eigenvalue weighted by molar-refractivity contribution is 8.01. The van der Waals surface area contributed by atoms with Gasteiger partial charge in [0.15, 0.2) is 11.6 Å². The maximum Gasteiger partial charge on any atom is 0.238 e. The Bertz CT molecular complexity index is 843. The number of carbonyl (C=O) groups is 2. The van der Waals surface area contributed by atoms with E-state index in [0.717, 1.165) is 10.6 Å². The Morgan fingerprint density at radius 2 is 2.12 bits per heavy atom. The van der Waals surface area contributed by atoms with E-state index in [-0.39, 0.29) is 30.0 Å². The summed E-state index contributed by atoms with van der Waals surface area (Å²) in [7, 11) is 1.40. The summed E-state index contributed by atoms with van der Waals surface area (Å²) in [4.78, 5) is 25.5. The molecule has 0 radical (unpaired) electrons. The average Bonchev–Trinajstić information content (AvgIpc) is 2.62. The molecule has 26 heavy (non-hydrogen) atoms. The molecule has 2 atom stereocenters. The molecule has 2 aromatic carbocycles. The maximum atomic E-state index is 13.8. The monoisotopic (exact) mass is 374 g/mol. The van der Waals surface area contributed by atoms with Gasteiger partial charge in [-0.25, -0.2) is 4.39 Å². The number of benzene rings is 2. The molecule has 0 unspecified atom stereocenters. The molecule has 0 aliphatic carbocycles.